The lowest BCUT2D eigenvalue weighted by atomic mass is 10.2. The predicted molar refractivity (Wildman–Crippen MR) is 115 cm³/mol. The van der Waals surface area contributed by atoms with E-state index in [-0.39, 0.29) is 5.56 Å². The number of para-hydroxylation sites is 1. The number of nitrogens with zero attached hydrogens (tertiary/aromatic N) is 2. The van der Waals surface area contributed by atoms with Crippen LogP contribution in [0.15, 0.2) is 53.3 Å². The van der Waals surface area contributed by atoms with Crippen molar-refractivity contribution in [1.82, 2.24) is 9.36 Å². The molecule has 6 heteroatoms. The summed E-state index contributed by atoms with van der Waals surface area (Å²) in [4.78, 5) is 13.0. The molecule has 1 aromatic heterocycles. The molecule has 0 aliphatic rings. The van der Waals surface area contributed by atoms with Gasteiger partial charge in [-0.15, -0.1) is 0 Å². The van der Waals surface area contributed by atoms with Crippen LogP contribution in [0.25, 0.3) is 5.69 Å². The number of rotatable bonds is 8. The van der Waals surface area contributed by atoms with E-state index >= 15 is 0 Å². The summed E-state index contributed by atoms with van der Waals surface area (Å²) in [6.45, 7) is 5.18. The van der Waals surface area contributed by atoms with Gasteiger partial charge in [-0.2, -0.15) is 0 Å². The summed E-state index contributed by atoms with van der Waals surface area (Å²) in [6, 6.07) is 15.2. The zero-order valence-corrected chi connectivity index (χ0v) is 17.3. The van der Waals surface area contributed by atoms with Gasteiger partial charge < -0.3 is 10.1 Å². The molecule has 0 fully saturated rings. The SMILES string of the molecule is CCCCOc1ccc(Cl)cc1CNc1c(C)n(C)n(-c2ccccc2)c1=O. The zero-order chi connectivity index (χ0) is 20.1. The van der Waals surface area contributed by atoms with Crippen LogP contribution in [0.2, 0.25) is 5.02 Å². The third-order valence-corrected chi connectivity index (χ3v) is 5.02. The Labute approximate surface area is 170 Å². The van der Waals surface area contributed by atoms with Crippen LogP contribution < -0.4 is 15.6 Å². The van der Waals surface area contributed by atoms with Crippen LogP contribution in [-0.4, -0.2) is 16.0 Å². The molecule has 3 rings (SSSR count). The van der Waals surface area contributed by atoms with Gasteiger partial charge in [0.1, 0.15) is 11.4 Å². The molecule has 1 heterocycles. The highest BCUT2D eigenvalue weighted by molar-refractivity contribution is 6.30. The van der Waals surface area contributed by atoms with Crippen LogP contribution in [0.3, 0.4) is 0 Å². The first-order chi connectivity index (χ1) is 13.5. The van der Waals surface area contributed by atoms with Crippen molar-refractivity contribution in [2.24, 2.45) is 7.05 Å². The molecule has 0 aliphatic carbocycles. The largest absolute Gasteiger partial charge is 0.493 e. The fraction of sp³-hybridized carbons (Fsp3) is 0.318. The Morgan fingerprint density at radius 3 is 2.61 bits per heavy atom. The highest BCUT2D eigenvalue weighted by atomic mass is 35.5. The number of halogens is 1. The van der Waals surface area contributed by atoms with Crippen LogP contribution >= 0.6 is 11.6 Å². The number of anilines is 1. The summed E-state index contributed by atoms with van der Waals surface area (Å²) in [6.07, 6.45) is 2.07. The van der Waals surface area contributed by atoms with Crippen LogP contribution in [0.5, 0.6) is 5.75 Å². The van der Waals surface area contributed by atoms with Crippen LogP contribution in [0.4, 0.5) is 5.69 Å². The number of nitrogens with one attached hydrogen (secondary N) is 1. The molecule has 0 bridgehead atoms. The maximum Gasteiger partial charge on any atom is 0.295 e. The molecule has 3 aromatic rings. The van der Waals surface area contributed by atoms with Crippen LogP contribution in [0, 0.1) is 6.92 Å². The van der Waals surface area contributed by atoms with Gasteiger partial charge in [0.2, 0.25) is 0 Å². The van der Waals surface area contributed by atoms with Crippen molar-refractivity contribution in [2.45, 2.75) is 33.2 Å². The highest BCUT2D eigenvalue weighted by Gasteiger charge is 2.16. The highest BCUT2D eigenvalue weighted by Crippen LogP contribution is 2.25. The fourth-order valence-electron chi connectivity index (χ4n) is 3.11. The van der Waals surface area contributed by atoms with Gasteiger partial charge in [0.15, 0.2) is 0 Å². The van der Waals surface area contributed by atoms with E-state index in [4.69, 9.17) is 16.3 Å². The molecule has 5 nitrogen and oxygen atoms in total. The van der Waals surface area contributed by atoms with Crippen molar-refractivity contribution in [3.05, 3.63) is 75.2 Å². The van der Waals surface area contributed by atoms with Gasteiger partial charge in [0.25, 0.3) is 5.56 Å². The first-order valence-corrected chi connectivity index (χ1v) is 9.89. The second-order valence-corrected chi connectivity index (χ2v) is 7.18. The van der Waals surface area contributed by atoms with E-state index in [1.165, 1.54) is 0 Å². The molecule has 0 radical (unpaired) electrons. The van der Waals surface area contributed by atoms with E-state index in [9.17, 15) is 4.79 Å². The Bertz CT molecular complexity index is 993. The molecule has 1 N–H and O–H groups in total. The molecule has 2 aromatic carbocycles. The fourth-order valence-corrected chi connectivity index (χ4v) is 3.30. The number of benzene rings is 2. The third kappa shape index (κ3) is 4.25. The van der Waals surface area contributed by atoms with E-state index in [1.54, 1.807) is 4.68 Å². The van der Waals surface area contributed by atoms with Gasteiger partial charge in [-0.25, -0.2) is 4.68 Å². The molecule has 148 valence electrons. The van der Waals surface area contributed by atoms with Gasteiger partial charge in [-0.3, -0.25) is 9.48 Å². The number of unbranched alkanes of at least 4 members (excludes halogenated alkanes) is 1. The topological polar surface area (TPSA) is 48.2 Å². The lowest BCUT2D eigenvalue weighted by Gasteiger charge is -2.13. The van der Waals surface area contributed by atoms with Crippen molar-refractivity contribution in [1.29, 1.82) is 0 Å². The number of ether oxygens (including phenoxy) is 1. The molecule has 0 spiro atoms. The predicted octanol–water partition coefficient (Wildman–Crippen LogP) is 4.93. The van der Waals surface area contributed by atoms with Gasteiger partial charge in [0, 0.05) is 24.2 Å². The molecule has 0 saturated heterocycles. The molecular weight excluding hydrogens is 374 g/mol. The lowest BCUT2D eigenvalue weighted by molar-refractivity contribution is 0.306. The van der Waals surface area contributed by atoms with E-state index in [1.807, 2.05) is 67.2 Å². The van der Waals surface area contributed by atoms with Crippen molar-refractivity contribution in [2.75, 3.05) is 11.9 Å². The van der Waals surface area contributed by atoms with Crippen molar-refractivity contribution >= 4 is 17.3 Å². The minimum Gasteiger partial charge on any atom is -0.493 e. The Kier molecular flexibility index (Phi) is 6.47. The minimum atomic E-state index is -0.0818. The van der Waals surface area contributed by atoms with Crippen LogP contribution in [0.1, 0.15) is 31.0 Å². The first kappa shape index (κ1) is 20.1. The van der Waals surface area contributed by atoms with Gasteiger partial charge in [-0.1, -0.05) is 43.1 Å². The second-order valence-electron chi connectivity index (χ2n) is 6.74. The van der Waals surface area contributed by atoms with Gasteiger partial charge >= 0.3 is 0 Å². The Balaban J connectivity index is 1.86. The normalized spacial score (nSPS) is 10.9. The van der Waals surface area contributed by atoms with E-state index < -0.39 is 0 Å². The van der Waals surface area contributed by atoms with Gasteiger partial charge in [0.05, 0.1) is 18.0 Å². The maximum absolute atomic E-state index is 13.0. The first-order valence-electron chi connectivity index (χ1n) is 9.52. The molecular formula is C22H26ClN3O2. The summed E-state index contributed by atoms with van der Waals surface area (Å²) in [5.74, 6) is 0.794. The Hall–Kier alpha value is -2.66. The molecule has 0 saturated carbocycles. The van der Waals surface area contributed by atoms with Crippen molar-refractivity contribution in [3.8, 4) is 11.4 Å². The smallest absolute Gasteiger partial charge is 0.295 e. The summed E-state index contributed by atoms with van der Waals surface area (Å²) < 4.78 is 9.41. The standard InChI is InChI=1S/C22H26ClN3O2/c1-4-5-13-28-20-12-11-18(23)14-17(20)15-24-21-16(2)25(3)26(22(21)27)19-9-7-6-8-10-19/h6-12,14,24H,4-5,13,15H2,1-3H3. The minimum absolute atomic E-state index is 0.0818. The average Bonchev–Trinajstić information content (AvgIpc) is 2.91. The number of aromatic nitrogens is 2. The van der Waals surface area contributed by atoms with E-state index in [2.05, 4.69) is 12.2 Å². The monoisotopic (exact) mass is 399 g/mol. The Morgan fingerprint density at radius 1 is 1.14 bits per heavy atom. The van der Waals surface area contributed by atoms with E-state index in [0.717, 1.165) is 35.5 Å². The van der Waals surface area contributed by atoms with Crippen LogP contribution in [-0.2, 0) is 13.6 Å². The summed E-state index contributed by atoms with van der Waals surface area (Å²) >= 11 is 6.18. The van der Waals surface area contributed by atoms with Crippen molar-refractivity contribution < 1.29 is 4.74 Å². The molecule has 0 unspecified atom stereocenters. The number of hydrogen-bond donors (Lipinski definition) is 1. The lowest BCUT2D eigenvalue weighted by Crippen LogP contribution is -2.21. The van der Waals surface area contributed by atoms with E-state index in [0.29, 0.717) is 23.9 Å². The van der Waals surface area contributed by atoms with Crippen molar-refractivity contribution in [3.63, 3.8) is 0 Å². The average molecular weight is 400 g/mol. The molecule has 0 atom stereocenters. The molecule has 28 heavy (non-hydrogen) atoms. The molecule has 0 amide bonds. The Morgan fingerprint density at radius 2 is 1.89 bits per heavy atom. The summed E-state index contributed by atoms with van der Waals surface area (Å²) in [5, 5.41) is 3.94. The quantitative estimate of drug-likeness (QED) is 0.546. The zero-order valence-electron chi connectivity index (χ0n) is 16.5. The number of hydrogen-bond acceptors (Lipinski definition) is 3. The third-order valence-electron chi connectivity index (χ3n) is 4.79. The second kappa shape index (κ2) is 9.02. The van der Waals surface area contributed by atoms with Gasteiger partial charge in [-0.05, 0) is 43.7 Å². The molecule has 0 aliphatic heterocycles. The summed E-state index contributed by atoms with van der Waals surface area (Å²) in [7, 11) is 1.88. The summed E-state index contributed by atoms with van der Waals surface area (Å²) in [5.41, 5.74) is 3.12. The maximum atomic E-state index is 13.0.